The maximum Gasteiger partial charge on any atom is 0.234 e. The first-order valence-corrected chi connectivity index (χ1v) is 7.36. The Morgan fingerprint density at radius 2 is 1.84 bits per heavy atom. The van der Waals surface area contributed by atoms with Crippen LogP contribution in [0.5, 0.6) is 0 Å². The van der Waals surface area contributed by atoms with Gasteiger partial charge in [0.1, 0.15) is 5.82 Å². The first-order valence-electron chi connectivity index (χ1n) is 5.71. The van der Waals surface area contributed by atoms with E-state index in [1.165, 1.54) is 0 Å². The van der Waals surface area contributed by atoms with Gasteiger partial charge in [-0.15, -0.1) is 0 Å². The van der Waals surface area contributed by atoms with Crippen molar-refractivity contribution < 1.29 is 21.6 Å². The third kappa shape index (κ3) is 5.07. The number of nitrogens with one attached hydrogen (secondary N) is 2. The van der Waals surface area contributed by atoms with E-state index in [0.717, 1.165) is 6.42 Å². The van der Waals surface area contributed by atoms with E-state index < -0.39 is 33.2 Å². The predicted octanol–water partition coefficient (Wildman–Crippen LogP) is 1.85. The maximum absolute atomic E-state index is 13.3. The highest BCUT2D eigenvalue weighted by Gasteiger charge is 2.16. The van der Waals surface area contributed by atoms with E-state index >= 15 is 0 Å². The zero-order chi connectivity index (χ0) is 14.5. The van der Waals surface area contributed by atoms with Gasteiger partial charge >= 0.3 is 0 Å². The Balaban J connectivity index is 2.73. The third-order valence-electron chi connectivity index (χ3n) is 2.23. The molecule has 0 radical (unpaired) electrons. The molecular weight excluding hydrogens is 281 g/mol. The van der Waals surface area contributed by atoms with E-state index in [9.17, 15) is 21.6 Å². The smallest absolute Gasteiger partial charge is 0.234 e. The molecule has 1 aromatic rings. The van der Waals surface area contributed by atoms with Crippen molar-refractivity contribution in [3.63, 3.8) is 0 Å². The summed E-state index contributed by atoms with van der Waals surface area (Å²) in [4.78, 5) is 0. The van der Waals surface area contributed by atoms with Crippen molar-refractivity contribution in [3.8, 4) is 0 Å². The summed E-state index contributed by atoms with van der Waals surface area (Å²) >= 11 is 0. The Morgan fingerprint density at radius 3 is 2.47 bits per heavy atom. The molecule has 0 aliphatic carbocycles. The Labute approximate surface area is 110 Å². The zero-order valence-corrected chi connectivity index (χ0v) is 11.2. The lowest BCUT2D eigenvalue weighted by Gasteiger charge is -2.10. The van der Waals surface area contributed by atoms with Crippen molar-refractivity contribution in [2.75, 3.05) is 23.6 Å². The van der Waals surface area contributed by atoms with Crippen LogP contribution in [0.2, 0.25) is 0 Å². The molecule has 0 heterocycles. The zero-order valence-electron chi connectivity index (χ0n) is 10.3. The van der Waals surface area contributed by atoms with E-state index in [1.807, 2.05) is 11.6 Å². The second-order valence-corrected chi connectivity index (χ2v) is 5.76. The predicted molar refractivity (Wildman–Crippen MR) is 66.9 cm³/mol. The molecule has 1 aromatic carbocycles. The van der Waals surface area contributed by atoms with Crippen LogP contribution in [0.15, 0.2) is 12.1 Å². The normalized spacial score (nSPS) is 11.6. The Bertz CT molecular complexity index is 535. The number of rotatable bonds is 7. The molecule has 0 aromatic heterocycles. The largest absolute Gasteiger partial charge is 0.316 e. The molecule has 2 N–H and O–H groups in total. The van der Waals surface area contributed by atoms with Crippen LogP contribution in [0.1, 0.15) is 13.3 Å². The van der Waals surface area contributed by atoms with E-state index in [-0.39, 0.29) is 12.3 Å². The Kier molecular flexibility index (Phi) is 5.61. The van der Waals surface area contributed by atoms with Crippen LogP contribution in [0.25, 0.3) is 0 Å². The molecule has 0 aliphatic heterocycles. The van der Waals surface area contributed by atoms with Crippen LogP contribution in [0.3, 0.4) is 0 Å². The molecule has 0 atom stereocenters. The van der Waals surface area contributed by atoms with E-state index in [0.29, 0.717) is 18.7 Å². The molecule has 0 unspecified atom stereocenters. The number of hydrogen-bond donors (Lipinski definition) is 2. The quantitative estimate of drug-likeness (QED) is 0.596. The lowest BCUT2D eigenvalue weighted by molar-refractivity contribution is 0.498. The first kappa shape index (κ1) is 15.8. The SMILES string of the molecule is CCCNCCS(=O)(=O)Nc1cc(F)cc(F)c1F. The van der Waals surface area contributed by atoms with Crippen molar-refractivity contribution in [2.45, 2.75) is 13.3 Å². The van der Waals surface area contributed by atoms with Crippen LogP contribution in [-0.4, -0.2) is 27.3 Å². The molecule has 0 aliphatic rings. The highest BCUT2D eigenvalue weighted by molar-refractivity contribution is 7.92. The molecule has 4 nitrogen and oxygen atoms in total. The molecule has 0 saturated heterocycles. The van der Waals surface area contributed by atoms with Crippen molar-refractivity contribution in [1.29, 1.82) is 0 Å². The summed E-state index contributed by atoms with van der Waals surface area (Å²) in [6.45, 7) is 2.74. The number of sulfonamides is 1. The minimum absolute atomic E-state index is 0.169. The third-order valence-corrected chi connectivity index (χ3v) is 3.51. The fraction of sp³-hybridized carbons (Fsp3) is 0.455. The van der Waals surface area contributed by atoms with Crippen LogP contribution >= 0.6 is 0 Å². The van der Waals surface area contributed by atoms with Gasteiger partial charge in [0.15, 0.2) is 11.6 Å². The van der Waals surface area contributed by atoms with E-state index in [4.69, 9.17) is 0 Å². The second-order valence-electron chi connectivity index (χ2n) is 3.92. The van der Waals surface area contributed by atoms with Crippen LogP contribution in [0.4, 0.5) is 18.9 Å². The minimum Gasteiger partial charge on any atom is -0.316 e. The first-order chi connectivity index (χ1) is 8.85. The lowest BCUT2D eigenvalue weighted by Crippen LogP contribution is -2.27. The summed E-state index contributed by atoms with van der Waals surface area (Å²) < 4.78 is 64.0. The average molecular weight is 296 g/mol. The molecule has 0 bridgehead atoms. The van der Waals surface area contributed by atoms with Gasteiger partial charge in [-0.25, -0.2) is 21.6 Å². The summed E-state index contributed by atoms with van der Waals surface area (Å²) in [5, 5.41) is 2.85. The van der Waals surface area contributed by atoms with Gasteiger partial charge in [0, 0.05) is 18.7 Å². The average Bonchev–Trinajstić information content (AvgIpc) is 2.31. The maximum atomic E-state index is 13.3. The van der Waals surface area contributed by atoms with Gasteiger partial charge < -0.3 is 5.32 Å². The topological polar surface area (TPSA) is 58.2 Å². The minimum atomic E-state index is -3.86. The summed E-state index contributed by atoms with van der Waals surface area (Å²) in [6.07, 6.45) is 0.844. The summed E-state index contributed by atoms with van der Waals surface area (Å²) in [6, 6.07) is 0.936. The van der Waals surface area contributed by atoms with Crippen LogP contribution in [0, 0.1) is 17.5 Å². The van der Waals surface area contributed by atoms with Crippen molar-refractivity contribution in [1.82, 2.24) is 5.32 Å². The van der Waals surface area contributed by atoms with Crippen molar-refractivity contribution >= 4 is 15.7 Å². The molecule has 108 valence electrons. The fourth-order valence-corrected chi connectivity index (χ4v) is 2.36. The molecular formula is C11H15F3N2O2S. The lowest BCUT2D eigenvalue weighted by atomic mass is 10.3. The molecule has 0 saturated carbocycles. The van der Waals surface area contributed by atoms with Gasteiger partial charge in [-0.3, -0.25) is 4.72 Å². The van der Waals surface area contributed by atoms with Crippen LogP contribution in [-0.2, 0) is 10.0 Å². The number of anilines is 1. The summed E-state index contributed by atoms with van der Waals surface area (Å²) in [5.41, 5.74) is -0.729. The van der Waals surface area contributed by atoms with Crippen LogP contribution < -0.4 is 10.0 Å². The molecule has 0 amide bonds. The van der Waals surface area contributed by atoms with Gasteiger partial charge in [-0.05, 0) is 13.0 Å². The fourth-order valence-electron chi connectivity index (χ4n) is 1.36. The Hall–Kier alpha value is -1.28. The molecule has 0 spiro atoms. The van der Waals surface area contributed by atoms with Gasteiger partial charge in [0.05, 0.1) is 11.4 Å². The molecule has 8 heteroatoms. The highest BCUT2D eigenvalue weighted by atomic mass is 32.2. The second kappa shape index (κ2) is 6.76. The van der Waals surface area contributed by atoms with Crippen molar-refractivity contribution in [3.05, 3.63) is 29.6 Å². The summed E-state index contributed by atoms with van der Waals surface area (Å²) in [5.74, 6) is -4.24. The van der Waals surface area contributed by atoms with Gasteiger partial charge in [0.2, 0.25) is 10.0 Å². The highest BCUT2D eigenvalue weighted by Crippen LogP contribution is 2.20. The monoisotopic (exact) mass is 296 g/mol. The van der Waals surface area contributed by atoms with Crippen molar-refractivity contribution in [2.24, 2.45) is 0 Å². The molecule has 1 rings (SSSR count). The van der Waals surface area contributed by atoms with Gasteiger partial charge in [0.25, 0.3) is 0 Å². The van der Waals surface area contributed by atoms with E-state index in [2.05, 4.69) is 5.32 Å². The number of halogens is 3. The van der Waals surface area contributed by atoms with Gasteiger partial charge in [-0.1, -0.05) is 6.92 Å². The number of hydrogen-bond acceptors (Lipinski definition) is 3. The summed E-state index contributed by atoms with van der Waals surface area (Å²) in [7, 11) is -3.86. The molecule has 19 heavy (non-hydrogen) atoms. The molecule has 0 fully saturated rings. The Morgan fingerprint density at radius 1 is 1.16 bits per heavy atom. The standard InChI is InChI=1S/C11H15F3N2O2S/c1-2-3-15-4-5-19(17,18)16-10-7-8(12)6-9(13)11(10)14/h6-7,15-16H,2-5H2,1H3. The van der Waals surface area contributed by atoms with Gasteiger partial charge in [-0.2, -0.15) is 0 Å². The van der Waals surface area contributed by atoms with E-state index in [1.54, 1.807) is 0 Å². The number of benzene rings is 1.